The molecule has 3 aliphatic heterocycles. The molecule has 4 heterocycles. The number of nitrogens with zero attached hydrogens (tertiary/aromatic N) is 3. The number of fused-ring (bicyclic) bond motifs is 2. The van der Waals surface area contributed by atoms with Crippen LogP contribution >= 0.6 is 0 Å². The van der Waals surface area contributed by atoms with Crippen molar-refractivity contribution in [2.45, 2.75) is 50.7 Å². The quantitative estimate of drug-likeness (QED) is 0.893. The molecule has 0 aliphatic carbocycles. The van der Waals surface area contributed by atoms with Gasteiger partial charge in [-0.05, 0) is 31.2 Å². The van der Waals surface area contributed by atoms with Gasteiger partial charge in [0.2, 0.25) is 6.10 Å². The number of aromatic amines is 1. The first-order chi connectivity index (χ1) is 11.2. The normalized spacial score (nSPS) is 25.9. The minimum absolute atomic E-state index is 0.0488. The summed E-state index contributed by atoms with van der Waals surface area (Å²) in [5.41, 5.74) is 3.01. The third-order valence-corrected chi connectivity index (χ3v) is 5.22. The van der Waals surface area contributed by atoms with Gasteiger partial charge in [0, 0.05) is 19.5 Å². The lowest BCUT2D eigenvalue weighted by Crippen LogP contribution is -2.50. The fourth-order valence-electron chi connectivity index (χ4n) is 3.78. The Hall–Kier alpha value is -1.89. The molecule has 1 aromatic rings. The van der Waals surface area contributed by atoms with E-state index >= 15 is 0 Å². The maximum Gasteiger partial charge on any atom is 0.266 e. The molecular formula is C16H22N4O3. The molecule has 4 rings (SSSR count). The van der Waals surface area contributed by atoms with Crippen molar-refractivity contribution in [3.63, 3.8) is 0 Å². The number of hydrogen-bond acceptors (Lipinski definition) is 5. The number of aromatic nitrogens is 2. The van der Waals surface area contributed by atoms with Crippen LogP contribution in [-0.2, 0) is 26.4 Å². The van der Waals surface area contributed by atoms with Crippen molar-refractivity contribution in [1.29, 1.82) is 0 Å². The van der Waals surface area contributed by atoms with Crippen LogP contribution in [0.3, 0.4) is 0 Å². The fourth-order valence-corrected chi connectivity index (χ4v) is 3.78. The number of carbonyl (C=O) groups is 1. The fraction of sp³-hybridized carbons (Fsp3) is 0.688. The SMILES string of the molecule is CCC1=NOC(C(=O)N2CCC3(CC2)OCCc2cn[nH]c23)C1. The first-order valence-electron chi connectivity index (χ1n) is 8.39. The number of rotatable bonds is 2. The first-order valence-corrected chi connectivity index (χ1v) is 8.39. The van der Waals surface area contributed by atoms with Gasteiger partial charge in [-0.3, -0.25) is 9.89 Å². The van der Waals surface area contributed by atoms with E-state index in [4.69, 9.17) is 9.57 Å². The second-order valence-electron chi connectivity index (χ2n) is 6.50. The Labute approximate surface area is 135 Å². The minimum Gasteiger partial charge on any atom is -0.382 e. The highest BCUT2D eigenvalue weighted by Crippen LogP contribution is 2.40. The van der Waals surface area contributed by atoms with Crippen LogP contribution in [-0.4, -0.2) is 52.5 Å². The maximum absolute atomic E-state index is 12.6. The van der Waals surface area contributed by atoms with Gasteiger partial charge in [-0.2, -0.15) is 5.10 Å². The molecule has 1 N–H and O–H groups in total. The maximum atomic E-state index is 12.6. The molecule has 7 heteroatoms. The number of likely N-dealkylation sites (tertiary alicyclic amines) is 1. The summed E-state index contributed by atoms with van der Waals surface area (Å²) >= 11 is 0. The average molecular weight is 318 g/mol. The molecule has 0 saturated carbocycles. The lowest BCUT2D eigenvalue weighted by molar-refractivity contribution is -0.151. The zero-order valence-electron chi connectivity index (χ0n) is 13.4. The molecule has 3 aliphatic rings. The van der Waals surface area contributed by atoms with Crippen molar-refractivity contribution in [3.05, 3.63) is 17.5 Å². The number of hydrogen-bond donors (Lipinski definition) is 1. The van der Waals surface area contributed by atoms with Crippen LogP contribution in [0.4, 0.5) is 0 Å². The van der Waals surface area contributed by atoms with Gasteiger partial charge < -0.3 is 14.5 Å². The average Bonchev–Trinajstić information content (AvgIpc) is 3.25. The van der Waals surface area contributed by atoms with E-state index in [1.54, 1.807) is 0 Å². The Kier molecular flexibility index (Phi) is 3.60. The number of carbonyl (C=O) groups excluding carboxylic acids is 1. The van der Waals surface area contributed by atoms with Crippen LogP contribution in [0.5, 0.6) is 0 Å². The van der Waals surface area contributed by atoms with Gasteiger partial charge in [0.05, 0.1) is 24.2 Å². The van der Waals surface area contributed by atoms with Crippen LogP contribution in [0.25, 0.3) is 0 Å². The lowest BCUT2D eigenvalue weighted by atomic mass is 9.83. The largest absolute Gasteiger partial charge is 0.382 e. The molecule has 1 unspecified atom stereocenters. The molecule has 1 fully saturated rings. The molecule has 1 saturated heterocycles. The van der Waals surface area contributed by atoms with Crippen LogP contribution < -0.4 is 0 Å². The summed E-state index contributed by atoms with van der Waals surface area (Å²) in [6.07, 6.45) is 5.41. The summed E-state index contributed by atoms with van der Waals surface area (Å²) in [5, 5.41) is 11.3. The molecule has 0 bridgehead atoms. The molecule has 1 amide bonds. The van der Waals surface area contributed by atoms with E-state index in [2.05, 4.69) is 15.4 Å². The van der Waals surface area contributed by atoms with Gasteiger partial charge in [-0.15, -0.1) is 0 Å². The topological polar surface area (TPSA) is 79.8 Å². The van der Waals surface area contributed by atoms with Crippen molar-refractivity contribution < 1.29 is 14.4 Å². The van der Waals surface area contributed by atoms with Crippen molar-refractivity contribution in [2.75, 3.05) is 19.7 Å². The van der Waals surface area contributed by atoms with E-state index in [0.29, 0.717) is 19.5 Å². The number of nitrogens with one attached hydrogen (secondary N) is 1. The monoisotopic (exact) mass is 318 g/mol. The van der Waals surface area contributed by atoms with Gasteiger partial charge >= 0.3 is 0 Å². The lowest BCUT2D eigenvalue weighted by Gasteiger charge is -2.43. The van der Waals surface area contributed by atoms with Crippen LogP contribution in [0.15, 0.2) is 11.4 Å². The number of oxime groups is 1. The number of piperidine rings is 1. The molecule has 7 nitrogen and oxygen atoms in total. The predicted octanol–water partition coefficient (Wildman–Crippen LogP) is 1.35. The summed E-state index contributed by atoms with van der Waals surface area (Å²) in [4.78, 5) is 19.8. The van der Waals surface area contributed by atoms with Crippen molar-refractivity contribution in [3.8, 4) is 0 Å². The van der Waals surface area contributed by atoms with Crippen LogP contribution in [0.1, 0.15) is 43.9 Å². The molecule has 1 atom stereocenters. The summed E-state index contributed by atoms with van der Waals surface area (Å²) < 4.78 is 6.12. The van der Waals surface area contributed by atoms with E-state index < -0.39 is 6.10 Å². The number of ether oxygens (including phenoxy) is 1. The molecule has 1 aromatic heterocycles. The summed E-state index contributed by atoms with van der Waals surface area (Å²) in [6, 6.07) is 0. The zero-order chi connectivity index (χ0) is 15.9. The van der Waals surface area contributed by atoms with Crippen molar-refractivity contribution in [1.82, 2.24) is 15.1 Å². The Morgan fingerprint density at radius 1 is 1.48 bits per heavy atom. The van der Waals surface area contributed by atoms with Crippen molar-refractivity contribution >= 4 is 11.6 Å². The second-order valence-corrected chi connectivity index (χ2v) is 6.50. The van der Waals surface area contributed by atoms with E-state index in [0.717, 1.165) is 43.7 Å². The van der Waals surface area contributed by atoms with Gasteiger partial charge in [-0.1, -0.05) is 12.1 Å². The van der Waals surface area contributed by atoms with E-state index in [-0.39, 0.29) is 11.5 Å². The van der Waals surface area contributed by atoms with Crippen molar-refractivity contribution in [2.24, 2.45) is 5.16 Å². The minimum atomic E-state index is -0.436. The van der Waals surface area contributed by atoms with E-state index in [1.165, 1.54) is 5.56 Å². The first kappa shape index (κ1) is 14.7. The van der Waals surface area contributed by atoms with Crippen LogP contribution in [0.2, 0.25) is 0 Å². The standard InChI is InChI=1S/C16H22N4O3/c1-2-12-9-13(23-19-12)15(21)20-6-4-16(5-7-20)14-11(3-8-22-16)10-17-18-14/h10,13H,2-9H2,1H3,(H,17,18). The molecule has 124 valence electrons. The Balaban J connectivity index is 1.42. The Bertz CT molecular complexity index is 631. The highest BCUT2D eigenvalue weighted by Gasteiger charge is 2.44. The van der Waals surface area contributed by atoms with Gasteiger partial charge in [-0.25, -0.2) is 0 Å². The predicted molar refractivity (Wildman–Crippen MR) is 83.0 cm³/mol. The molecule has 0 aromatic carbocycles. The highest BCUT2D eigenvalue weighted by atomic mass is 16.6. The summed E-state index contributed by atoms with van der Waals surface area (Å²) in [7, 11) is 0. The number of amides is 1. The molecule has 1 spiro atoms. The number of H-pyrrole nitrogens is 1. The smallest absolute Gasteiger partial charge is 0.266 e. The van der Waals surface area contributed by atoms with Crippen LogP contribution in [0, 0.1) is 0 Å². The van der Waals surface area contributed by atoms with Gasteiger partial charge in [0.25, 0.3) is 5.91 Å². The zero-order valence-corrected chi connectivity index (χ0v) is 13.4. The van der Waals surface area contributed by atoms with Gasteiger partial charge in [0.1, 0.15) is 5.60 Å². The van der Waals surface area contributed by atoms with Gasteiger partial charge in [0.15, 0.2) is 0 Å². The third-order valence-electron chi connectivity index (χ3n) is 5.22. The highest BCUT2D eigenvalue weighted by molar-refractivity contribution is 5.92. The summed E-state index contributed by atoms with van der Waals surface area (Å²) in [6.45, 7) is 4.11. The second kappa shape index (κ2) is 5.63. The molecular weight excluding hydrogens is 296 g/mol. The Morgan fingerprint density at radius 2 is 2.30 bits per heavy atom. The van der Waals surface area contributed by atoms with E-state index in [9.17, 15) is 4.79 Å². The molecule has 0 radical (unpaired) electrons. The Morgan fingerprint density at radius 3 is 3.04 bits per heavy atom. The molecule has 23 heavy (non-hydrogen) atoms. The van der Waals surface area contributed by atoms with E-state index in [1.807, 2.05) is 18.0 Å². The third kappa shape index (κ3) is 2.43. The summed E-state index contributed by atoms with van der Waals surface area (Å²) in [5.74, 6) is 0.0488.